The van der Waals surface area contributed by atoms with Gasteiger partial charge in [0, 0.05) is 28.6 Å². The zero-order valence-electron chi connectivity index (χ0n) is 18.4. The fourth-order valence-corrected chi connectivity index (χ4v) is 3.58. The third-order valence-electron chi connectivity index (χ3n) is 5.35. The first kappa shape index (κ1) is 21.1. The molecule has 0 fully saturated rings. The molecule has 0 aliphatic carbocycles. The number of nitrogens with zero attached hydrogens (tertiary/aromatic N) is 2. The molecule has 0 spiro atoms. The Kier molecular flexibility index (Phi) is 5.58. The lowest BCUT2D eigenvalue weighted by Crippen LogP contribution is -2.12. The summed E-state index contributed by atoms with van der Waals surface area (Å²) in [7, 11) is 0. The maximum Gasteiger partial charge on any atom is 0.256 e. The number of imidazole rings is 1. The summed E-state index contributed by atoms with van der Waals surface area (Å²) in [5, 5.41) is 5.69. The molecule has 0 aliphatic heterocycles. The monoisotopic (exact) mass is 447 g/mol. The highest BCUT2D eigenvalue weighted by Gasteiger charge is 2.12. The molecule has 0 aliphatic rings. The minimum absolute atomic E-state index is 0.192. The molecule has 0 atom stereocenters. The second-order valence-electron chi connectivity index (χ2n) is 7.89. The standard InChI is InChI=1S/C27H21N5O2/c1-17-13-14-28-24(15-17)32-26(33)19-9-7-18(8-10-19)25-30-22-12-11-20(16-23(22)31-25)27(34)29-21-5-3-2-4-6-21/h2-16H,1H3,(H,29,34)(H,30,31)(H,28,32,33). The number of nitrogens with one attached hydrogen (secondary N) is 3. The molecule has 0 bridgehead atoms. The fourth-order valence-electron chi connectivity index (χ4n) is 3.58. The molecule has 3 aromatic carbocycles. The molecule has 34 heavy (non-hydrogen) atoms. The van der Waals surface area contributed by atoms with E-state index in [0.717, 1.165) is 27.8 Å². The Balaban J connectivity index is 1.33. The fraction of sp³-hybridized carbons (Fsp3) is 0.0370. The first-order chi connectivity index (χ1) is 16.5. The van der Waals surface area contributed by atoms with Crippen LogP contribution in [-0.2, 0) is 0 Å². The average Bonchev–Trinajstić information content (AvgIpc) is 3.28. The minimum Gasteiger partial charge on any atom is -0.338 e. The maximum atomic E-state index is 12.6. The van der Waals surface area contributed by atoms with E-state index in [2.05, 4.69) is 25.6 Å². The molecule has 0 radical (unpaired) electrons. The summed E-state index contributed by atoms with van der Waals surface area (Å²) in [6, 6.07) is 25.5. The number of hydrogen-bond donors (Lipinski definition) is 3. The van der Waals surface area contributed by atoms with Gasteiger partial charge in [-0.05, 0) is 67.1 Å². The van der Waals surface area contributed by atoms with Crippen LogP contribution >= 0.6 is 0 Å². The number of anilines is 2. The Hall–Kier alpha value is -4.78. The number of hydrogen-bond acceptors (Lipinski definition) is 4. The van der Waals surface area contributed by atoms with E-state index in [1.54, 1.807) is 30.5 Å². The quantitative estimate of drug-likeness (QED) is 0.334. The Bertz CT molecular complexity index is 1490. The topological polar surface area (TPSA) is 99.8 Å². The van der Waals surface area contributed by atoms with Crippen molar-refractivity contribution in [3.05, 3.63) is 108 Å². The van der Waals surface area contributed by atoms with Gasteiger partial charge in [-0.3, -0.25) is 9.59 Å². The molecule has 0 saturated carbocycles. The molecule has 166 valence electrons. The van der Waals surface area contributed by atoms with Crippen LogP contribution in [0.2, 0.25) is 0 Å². The highest BCUT2D eigenvalue weighted by molar-refractivity contribution is 6.06. The van der Waals surface area contributed by atoms with Crippen LogP contribution in [0.25, 0.3) is 22.4 Å². The van der Waals surface area contributed by atoms with E-state index in [4.69, 9.17) is 0 Å². The lowest BCUT2D eigenvalue weighted by Gasteiger charge is -2.05. The van der Waals surface area contributed by atoms with E-state index >= 15 is 0 Å². The van der Waals surface area contributed by atoms with Gasteiger partial charge in [0.2, 0.25) is 0 Å². The lowest BCUT2D eigenvalue weighted by molar-refractivity contribution is 0.101. The normalized spacial score (nSPS) is 10.7. The van der Waals surface area contributed by atoms with E-state index in [-0.39, 0.29) is 11.8 Å². The zero-order valence-corrected chi connectivity index (χ0v) is 18.4. The van der Waals surface area contributed by atoms with Crippen molar-refractivity contribution in [2.45, 2.75) is 6.92 Å². The summed E-state index contributed by atoms with van der Waals surface area (Å²) in [5.41, 5.74) is 5.14. The first-order valence-corrected chi connectivity index (χ1v) is 10.8. The van der Waals surface area contributed by atoms with Gasteiger partial charge in [0.05, 0.1) is 11.0 Å². The van der Waals surface area contributed by atoms with Gasteiger partial charge >= 0.3 is 0 Å². The Morgan fingerprint density at radius 2 is 1.53 bits per heavy atom. The van der Waals surface area contributed by atoms with Crippen LogP contribution in [0.4, 0.5) is 11.5 Å². The molecule has 2 aromatic heterocycles. The number of pyridine rings is 1. The van der Waals surface area contributed by atoms with E-state index in [0.29, 0.717) is 22.8 Å². The number of aromatic amines is 1. The van der Waals surface area contributed by atoms with Crippen LogP contribution in [0.1, 0.15) is 26.3 Å². The number of benzene rings is 3. The number of rotatable bonds is 5. The van der Waals surface area contributed by atoms with Gasteiger partial charge in [0.25, 0.3) is 11.8 Å². The van der Waals surface area contributed by atoms with Gasteiger partial charge in [0.15, 0.2) is 0 Å². The van der Waals surface area contributed by atoms with E-state index < -0.39 is 0 Å². The largest absolute Gasteiger partial charge is 0.338 e. The van der Waals surface area contributed by atoms with Crippen LogP contribution in [0.15, 0.2) is 91.1 Å². The molecule has 5 rings (SSSR count). The van der Waals surface area contributed by atoms with Gasteiger partial charge in [-0.2, -0.15) is 0 Å². The van der Waals surface area contributed by atoms with Gasteiger partial charge in [-0.25, -0.2) is 9.97 Å². The summed E-state index contributed by atoms with van der Waals surface area (Å²) >= 11 is 0. The Labute approximate surface area is 195 Å². The number of para-hydroxylation sites is 1. The van der Waals surface area contributed by atoms with E-state index in [9.17, 15) is 9.59 Å². The van der Waals surface area contributed by atoms with Crippen LogP contribution in [-0.4, -0.2) is 26.8 Å². The number of fused-ring (bicyclic) bond motifs is 1. The van der Waals surface area contributed by atoms with Crippen LogP contribution in [0.5, 0.6) is 0 Å². The molecular weight excluding hydrogens is 426 g/mol. The Morgan fingerprint density at radius 3 is 2.29 bits per heavy atom. The summed E-state index contributed by atoms with van der Waals surface area (Å²) in [5.74, 6) is 0.743. The average molecular weight is 447 g/mol. The molecule has 3 N–H and O–H groups in total. The second-order valence-corrected chi connectivity index (χ2v) is 7.89. The number of aromatic nitrogens is 3. The SMILES string of the molecule is Cc1ccnc(NC(=O)c2ccc(-c3nc4ccc(C(=O)Nc5ccccc5)cc4[nH]3)cc2)c1. The molecular formula is C27H21N5O2. The smallest absolute Gasteiger partial charge is 0.256 e. The highest BCUT2D eigenvalue weighted by Crippen LogP contribution is 2.22. The first-order valence-electron chi connectivity index (χ1n) is 10.8. The van der Waals surface area contributed by atoms with Gasteiger partial charge in [0.1, 0.15) is 11.6 Å². The van der Waals surface area contributed by atoms with Crippen LogP contribution in [0, 0.1) is 6.92 Å². The number of H-pyrrole nitrogens is 1. The number of aryl methyl sites for hydroxylation is 1. The maximum absolute atomic E-state index is 12.6. The van der Waals surface area contributed by atoms with Crippen molar-refractivity contribution >= 4 is 34.4 Å². The Morgan fingerprint density at radius 1 is 0.794 bits per heavy atom. The molecule has 5 aromatic rings. The van der Waals surface area contributed by atoms with Crippen molar-refractivity contribution in [2.75, 3.05) is 10.6 Å². The zero-order chi connectivity index (χ0) is 23.5. The van der Waals surface area contributed by atoms with Crippen molar-refractivity contribution in [1.29, 1.82) is 0 Å². The van der Waals surface area contributed by atoms with Crippen molar-refractivity contribution in [1.82, 2.24) is 15.0 Å². The van der Waals surface area contributed by atoms with Crippen molar-refractivity contribution < 1.29 is 9.59 Å². The molecule has 0 saturated heterocycles. The molecule has 7 nitrogen and oxygen atoms in total. The molecule has 2 heterocycles. The summed E-state index contributed by atoms with van der Waals surface area (Å²) in [6.45, 7) is 1.94. The summed E-state index contributed by atoms with van der Waals surface area (Å²) < 4.78 is 0. The predicted molar refractivity (Wildman–Crippen MR) is 133 cm³/mol. The third kappa shape index (κ3) is 4.54. The molecule has 0 unspecified atom stereocenters. The molecule has 7 heteroatoms. The van der Waals surface area contributed by atoms with Gasteiger partial charge < -0.3 is 15.6 Å². The van der Waals surface area contributed by atoms with Crippen LogP contribution in [0.3, 0.4) is 0 Å². The van der Waals surface area contributed by atoms with Gasteiger partial charge in [-0.15, -0.1) is 0 Å². The van der Waals surface area contributed by atoms with Crippen molar-refractivity contribution in [2.24, 2.45) is 0 Å². The molecule has 2 amide bonds. The van der Waals surface area contributed by atoms with Gasteiger partial charge in [-0.1, -0.05) is 30.3 Å². The number of amides is 2. The summed E-state index contributed by atoms with van der Waals surface area (Å²) in [6.07, 6.45) is 1.66. The van der Waals surface area contributed by atoms with E-state index in [1.165, 1.54) is 0 Å². The van der Waals surface area contributed by atoms with Crippen molar-refractivity contribution in [3.8, 4) is 11.4 Å². The van der Waals surface area contributed by atoms with E-state index in [1.807, 2.05) is 67.6 Å². The number of carbonyl (C=O) groups excluding carboxylic acids is 2. The number of carbonyl (C=O) groups is 2. The lowest BCUT2D eigenvalue weighted by atomic mass is 10.1. The summed E-state index contributed by atoms with van der Waals surface area (Å²) in [4.78, 5) is 37.2. The minimum atomic E-state index is -0.233. The van der Waals surface area contributed by atoms with Crippen LogP contribution < -0.4 is 10.6 Å². The second kappa shape index (κ2) is 8.99. The van der Waals surface area contributed by atoms with Crippen molar-refractivity contribution in [3.63, 3.8) is 0 Å². The predicted octanol–water partition coefficient (Wildman–Crippen LogP) is 5.44. The highest BCUT2D eigenvalue weighted by atomic mass is 16.2. The third-order valence-corrected chi connectivity index (χ3v) is 5.35.